The van der Waals surface area contributed by atoms with E-state index in [1.807, 2.05) is 31.2 Å². The Bertz CT molecular complexity index is 716. The van der Waals surface area contributed by atoms with Gasteiger partial charge in [-0.05, 0) is 24.2 Å². The predicted molar refractivity (Wildman–Crippen MR) is 97.7 cm³/mol. The van der Waals surface area contributed by atoms with E-state index in [9.17, 15) is 9.59 Å². The third kappa shape index (κ3) is 6.17. The molecular formula is C16H23ClN6O2. The zero-order chi connectivity index (χ0) is 17.5. The summed E-state index contributed by atoms with van der Waals surface area (Å²) in [5, 5.41) is 13.6. The first-order valence-electron chi connectivity index (χ1n) is 7.71. The highest BCUT2D eigenvalue weighted by Crippen LogP contribution is 2.11. The van der Waals surface area contributed by atoms with Crippen LogP contribution in [0.15, 0.2) is 30.5 Å². The van der Waals surface area contributed by atoms with Gasteiger partial charge >= 0.3 is 0 Å². The standard InChI is InChI=1S/C16H22N6O2.ClH/c1-4-17-9-12-6-5-7-13(8-12)18-16(24)14-10-22(20-19-14)11-15(23)21(2)3;/h5-8,10,17H,4,9,11H2,1-3H3,(H,18,24);1H. The zero-order valence-electron chi connectivity index (χ0n) is 14.5. The molecule has 2 amide bonds. The van der Waals surface area contributed by atoms with Crippen LogP contribution in [0.4, 0.5) is 5.69 Å². The fourth-order valence-electron chi connectivity index (χ4n) is 1.98. The summed E-state index contributed by atoms with van der Waals surface area (Å²) in [7, 11) is 3.32. The van der Waals surface area contributed by atoms with E-state index in [1.54, 1.807) is 14.1 Å². The number of nitrogens with zero attached hydrogens (tertiary/aromatic N) is 4. The lowest BCUT2D eigenvalue weighted by Gasteiger charge is -2.08. The number of rotatable bonds is 7. The molecule has 2 aromatic rings. The Kier molecular flexibility index (Phi) is 8.03. The van der Waals surface area contributed by atoms with Crippen molar-refractivity contribution in [2.75, 3.05) is 26.0 Å². The summed E-state index contributed by atoms with van der Waals surface area (Å²) in [4.78, 5) is 25.3. The monoisotopic (exact) mass is 366 g/mol. The fourth-order valence-corrected chi connectivity index (χ4v) is 1.98. The van der Waals surface area contributed by atoms with Crippen molar-refractivity contribution in [2.24, 2.45) is 0 Å². The molecule has 0 aliphatic heterocycles. The number of halogens is 1. The number of benzene rings is 1. The maximum atomic E-state index is 12.2. The van der Waals surface area contributed by atoms with E-state index in [0.29, 0.717) is 5.69 Å². The van der Waals surface area contributed by atoms with Crippen LogP contribution in [0.5, 0.6) is 0 Å². The first kappa shape index (κ1) is 20.6. The highest BCUT2D eigenvalue weighted by atomic mass is 35.5. The Hall–Kier alpha value is -2.45. The van der Waals surface area contributed by atoms with Crippen LogP contribution in [-0.2, 0) is 17.9 Å². The van der Waals surface area contributed by atoms with Crippen LogP contribution in [0.3, 0.4) is 0 Å². The molecule has 136 valence electrons. The molecule has 0 fully saturated rings. The summed E-state index contributed by atoms with van der Waals surface area (Å²) in [6.45, 7) is 3.70. The van der Waals surface area contributed by atoms with E-state index < -0.39 is 0 Å². The molecule has 1 heterocycles. The number of hydrogen-bond acceptors (Lipinski definition) is 5. The van der Waals surface area contributed by atoms with Gasteiger partial charge in [-0.1, -0.05) is 24.3 Å². The Morgan fingerprint density at radius 1 is 1.28 bits per heavy atom. The second-order valence-corrected chi connectivity index (χ2v) is 5.52. The van der Waals surface area contributed by atoms with Gasteiger partial charge in [0.2, 0.25) is 5.91 Å². The van der Waals surface area contributed by atoms with Gasteiger partial charge < -0.3 is 15.5 Å². The highest BCUT2D eigenvalue weighted by Gasteiger charge is 2.13. The van der Waals surface area contributed by atoms with Crippen molar-refractivity contribution >= 4 is 29.9 Å². The first-order chi connectivity index (χ1) is 11.5. The smallest absolute Gasteiger partial charge is 0.277 e. The van der Waals surface area contributed by atoms with Crippen molar-refractivity contribution < 1.29 is 9.59 Å². The Labute approximate surface area is 153 Å². The summed E-state index contributed by atoms with van der Waals surface area (Å²) in [5.41, 5.74) is 1.93. The number of amides is 2. The van der Waals surface area contributed by atoms with E-state index in [-0.39, 0.29) is 36.5 Å². The maximum absolute atomic E-state index is 12.2. The topological polar surface area (TPSA) is 92.1 Å². The molecule has 0 atom stereocenters. The molecule has 0 saturated carbocycles. The van der Waals surface area contributed by atoms with Crippen molar-refractivity contribution in [3.8, 4) is 0 Å². The molecular weight excluding hydrogens is 344 g/mol. The summed E-state index contributed by atoms with van der Waals surface area (Å²) in [6.07, 6.45) is 1.46. The van der Waals surface area contributed by atoms with Gasteiger partial charge in [0.25, 0.3) is 5.91 Å². The van der Waals surface area contributed by atoms with Crippen molar-refractivity contribution in [3.63, 3.8) is 0 Å². The zero-order valence-corrected chi connectivity index (χ0v) is 15.3. The lowest BCUT2D eigenvalue weighted by Crippen LogP contribution is -2.26. The Morgan fingerprint density at radius 3 is 2.72 bits per heavy atom. The second kappa shape index (κ2) is 9.75. The predicted octanol–water partition coefficient (Wildman–Crippen LogP) is 1.15. The molecule has 0 bridgehead atoms. The second-order valence-electron chi connectivity index (χ2n) is 5.52. The van der Waals surface area contributed by atoms with Gasteiger partial charge in [-0.25, -0.2) is 4.68 Å². The molecule has 2 N–H and O–H groups in total. The van der Waals surface area contributed by atoms with Crippen molar-refractivity contribution in [1.82, 2.24) is 25.2 Å². The molecule has 0 radical (unpaired) electrons. The molecule has 25 heavy (non-hydrogen) atoms. The molecule has 0 spiro atoms. The molecule has 9 heteroatoms. The van der Waals surface area contributed by atoms with Crippen LogP contribution in [0.2, 0.25) is 0 Å². The number of carbonyl (C=O) groups excluding carboxylic acids is 2. The molecule has 0 aliphatic rings. The van der Waals surface area contributed by atoms with E-state index in [4.69, 9.17) is 0 Å². The normalized spacial score (nSPS) is 10.0. The third-order valence-corrected chi connectivity index (χ3v) is 3.33. The van der Waals surface area contributed by atoms with Crippen LogP contribution in [0, 0.1) is 0 Å². The van der Waals surface area contributed by atoms with Gasteiger partial charge in [-0.15, -0.1) is 17.5 Å². The van der Waals surface area contributed by atoms with Gasteiger partial charge in [0.1, 0.15) is 6.54 Å². The molecule has 0 saturated heterocycles. The van der Waals surface area contributed by atoms with Crippen LogP contribution in [0.25, 0.3) is 0 Å². The lowest BCUT2D eigenvalue weighted by molar-refractivity contribution is -0.129. The molecule has 0 unspecified atom stereocenters. The lowest BCUT2D eigenvalue weighted by atomic mass is 10.2. The van der Waals surface area contributed by atoms with Crippen LogP contribution in [-0.4, -0.2) is 52.3 Å². The third-order valence-electron chi connectivity index (χ3n) is 3.33. The average molecular weight is 367 g/mol. The average Bonchev–Trinajstić information content (AvgIpc) is 3.02. The minimum Gasteiger partial charge on any atom is -0.347 e. The minimum absolute atomic E-state index is 0. The highest BCUT2D eigenvalue weighted by molar-refractivity contribution is 6.02. The van der Waals surface area contributed by atoms with Crippen LogP contribution in [0.1, 0.15) is 23.0 Å². The van der Waals surface area contributed by atoms with Gasteiger partial charge in [0, 0.05) is 26.3 Å². The summed E-state index contributed by atoms with van der Waals surface area (Å²) < 4.78 is 1.35. The van der Waals surface area contributed by atoms with E-state index in [2.05, 4.69) is 20.9 Å². The summed E-state index contributed by atoms with van der Waals surface area (Å²) in [5.74, 6) is -0.484. The molecule has 2 rings (SSSR count). The fraction of sp³-hybridized carbons (Fsp3) is 0.375. The number of nitrogens with one attached hydrogen (secondary N) is 2. The van der Waals surface area contributed by atoms with Crippen molar-refractivity contribution in [1.29, 1.82) is 0 Å². The molecule has 1 aromatic carbocycles. The molecule has 0 aliphatic carbocycles. The van der Waals surface area contributed by atoms with E-state index >= 15 is 0 Å². The largest absolute Gasteiger partial charge is 0.347 e. The summed E-state index contributed by atoms with van der Waals surface area (Å²) in [6, 6.07) is 7.59. The first-order valence-corrected chi connectivity index (χ1v) is 7.71. The maximum Gasteiger partial charge on any atom is 0.277 e. The van der Waals surface area contributed by atoms with Gasteiger partial charge in [0.05, 0.1) is 6.20 Å². The quantitative estimate of drug-likeness (QED) is 0.766. The molecule has 1 aromatic heterocycles. The molecule has 8 nitrogen and oxygen atoms in total. The number of anilines is 1. The number of hydrogen-bond donors (Lipinski definition) is 2. The minimum atomic E-state index is -0.362. The van der Waals surface area contributed by atoms with Gasteiger partial charge in [-0.2, -0.15) is 0 Å². The SMILES string of the molecule is CCNCc1cccc(NC(=O)c2cn(CC(=O)N(C)C)nn2)c1.Cl. The number of likely N-dealkylation sites (N-methyl/N-ethyl adjacent to an activating group) is 1. The van der Waals surface area contributed by atoms with Crippen LogP contribution >= 0.6 is 12.4 Å². The number of aromatic nitrogens is 3. The number of carbonyl (C=O) groups is 2. The van der Waals surface area contributed by atoms with E-state index in [1.165, 1.54) is 15.8 Å². The Morgan fingerprint density at radius 2 is 2.04 bits per heavy atom. The Balaban J connectivity index is 0.00000312. The van der Waals surface area contributed by atoms with Gasteiger partial charge in [0.15, 0.2) is 5.69 Å². The van der Waals surface area contributed by atoms with Crippen LogP contribution < -0.4 is 10.6 Å². The van der Waals surface area contributed by atoms with E-state index in [0.717, 1.165) is 18.7 Å². The van der Waals surface area contributed by atoms with Crippen molar-refractivity contribution in [2.45, 2.75) is 20.0 Å². The van der Waals surface area contributed by atoms with Gasteiger partial charge in [-0.3, -0.25) is 9.59 Å². The summed E-state index contributed by atoms with van der Waals surface area (Å²) >= 11 is 0. The van der Waals surface area contributed by atoms with Crippen molar-refractivity contribution in [3.05, 3.63) is 41.7 Å².